The van der Waals surface area contributed by atoms with E-state index < -0.39 is 18.0 Å². The number of benzene rings is 2. The summed E-state index contributed by atoms with van der Waals surface area (Å²) in [7, 11) is 0. The number of nitrogens with zero attached hydrogens (tertiary/aromatic N) is 1. The van der Waals surface area contributed by atoms with Gasteiger partial charge >= 0.3 is 0 Å². The average Bonchev–Trinajstić information content (AvgIpc) is 3.24. The van der Waals surface area contributed by atoms with Crippen LogP contribution in [0.1, 0.15) is 66.6 Å². The van der Waals surface area contributed by atoms with Crippen LogP contribution < -0.4 is 16.0 Å². The third-order valence-corrected chi connectivity index (χ3v) is 7.08. The number of carbonyl (C=O) groups excluding carboxylic acids is 5. The highest BCUT2D eigenvalue weighted by Gasteiger charge is 2.39. The Morgan fingerprint density at radius 3 is 2.50 bits per heavy atom. The molecule has 4 rings (SSSR count). The number of rotatable bonds is 10. The van der Waals surface area contributed by atoms with Gasteiger partial charge in [-0.15, -0.1) is 0 Å². The third-order valence-electron chi connectivity index (χ3n) is 7.08. The summed E-state index contributed by atoms with van der Waals surface area (Å²) in [5.74, 6) is -1.63. The number of carbonyl (C=O) groups is 5. The Morgan fingerprint density at radius 1 is 1.03 bits per heavy atom. The SMILES string of the molecule is CC(C)C(=O)N[C@@H](CCCc1cccc2c1CN(C1CCC(=O)NC1=O)C2=O)C(=O)NCc1ccccc1. The Kier molecular flexibility index (Phi) is 8.55. The molecule has 2 aliphatic rings. The van der Waals surface area contributed by atoms with E-state index >= 15 is 0 Å². The Bertz CT molecular complexity index is 1230. The quantitative estimate of drug-likeness (QED) is 0.416. The second-order valence-electron chi connectivity index (χ2n) is 10.2. The van der Waals surface area contributed by atoms with Crippen LogP contribution in [0.15, 0.2) is 48.5 Å². The molecule has 38 heavy (non-hydrogen) atoms. The van der Waals surface area contributed by atoms with Crippen molar-refractivity contribution in [1.82, 2.24) is 20.9 Å². The van der Waals surface area contributed by atoms with Crippen molar-refractivity contribution in [2.75, 3.05) is 0 Å². The lowest BCUT2D eigenvalue weighted by Gasteiger charge is -2.29. The Labute approximate surface area is 222 Å². The molecule has 2 aromatic carbocycles. The van der Waals surface area contributed by atoms with Crippen LogP contribution in [0.3, 0.4) is 0 Å². The van der Waals surface area contributed by atoms with Crippen LogP contribution in [0.25, 0.3) is 0 Å². The van der Waals surface area contributed by atoms with Crippen LogP contribution in [0.2, 0.25) is 0 Å². The van der Waals surface area contributed by atoms with E-state index in [1.54, 1.807) is 24.8 Å². The Hall–Kier alpha value is -4.01. The largest absolute Gasteiger partial charge is 0.350 e. The fraction of sp³-hybridized carbons (Fsp3) is 0.414. The van der Waals surface area contributed by atoms with Crippen molar-refractivity contribution in [3.63, 3.8) is 0 Å². The van der Waals surface area contributed by atoms with Gasteiger partial charge in [-0.3, -0.25) is 29.3 Å². The summed E-state index contributed by atoms with van der Waals surface area (Å²) in [6.07, 6.45) is 2.19. The smallest absolute Gasteiger partial charge is 0.255 e. The molecular formula is C29H34N4O5. The number of hydrogen-bond acceptors (Lipinski definition) is 5. The molecule has 2 atom stereocenters. The lowest BCUT2D eigenvalue weighted by atomic mass is 9.97. The van der Waals surface area contributed by atoms with Gasteiger partial charge in [0.2, 0.25) is 23.6 Å². The van der Waals surface area contributed by atoms with E-state index in [4.69, 9.17) is 0 Å². The monoisotopic (exact) mass is 518 g/mol. The standard InChI is InChI=1S/C29H34N4O5/c1-18(2)26(35)31-23(27(36)30-16-19-8-4-3-5-9-19)13-7-11-20-10-6-12-21-22(20)17-33(29(21)38)24-14-15-25(34)32-28(24)37/h3-6,8-10,12,18,23-24H,7,11,13-17H2,1-2H3,(H,30,36)(H,31,35)(H,32,34,37)/t23-,24?/m0/s1. The first-order valence-corrected chi connectivity index (χ1v) is 13.1. The zero-order valence-corrected chi connectivity index (χ0v) is 21.8. The molecule has 0 radical (unpaired) electrons. The third kappa shape index (κ3) is 6.27. The van der Waals surface area contributed by atoms with Crippen LogP contribution in [-0.2, 0) is 38.7 Å². The van der Waals surface area contributed by atoms with Gasteiger partial charge in [-0.05, 0) is 48.4 Å². The van der Waals surface area contributed by atoms with Gasteiger partial charge in [-0.1, -0.05) is 56.3 Å². The summed E-state index contributed by atoms with van der Waals surface area (Å²) < 4.78 is 0. The zero-order valence-electron chi connectivity index (χ0n) is 21.8. The van der Waals surface area contributed by atoms with Crippen molar-refractivity contribution in [1.29, 1.82) is 0 Å². The average molecular weight is 519 g/mol. The van der Waals surface area contributed by atoms with Crippen molar-refractivity contribution in [2.24, 2.45) is 5.92 Å². The number of amides is 5. The number of fused-ring (bicyclic) bond motifs is 1. The molecule has 2 aliphatic heterocycles. The van der Waals surface area contributed by atoms with Crippen molar-refractivity contribution in [3.8, 4) is 0 Å². The maximum absolute atomic E-state index is 13.1. The van der Waals surface area contributed by atoms with Crippen LogP contribution in [0, 0.1) is 5.92 Å². The van der Waals surface area contributed by atoms with E-state index in [0.717, 1.165) is 16.7 Å². The summed E-state index contributed by atoms with van der Waals surface area (Å²) in [4.78, 5) is 63.9. The Morgan fingerprint density at radius 2 is 1.79 bits per heavy atom. The molecule has 200 valence electrons. The van der Waals surface area contributed by atoms with E-state index in [-0.39, 0.29) is 36.0 Å². The summed E-state index contributed by atoms with van der Waals surface area (Å²) >= 11 is 0. The highest BCUT2D eigenvalue weighted by atomic mass is 16.2. The van der Waals surface area contributed by atoms with Crippen molar-refractivity contribution in [2.45, 2.75) is 71.1 Å². The molecule has 1 saturated heterocycles. The molecule has 2 heterocycles. The fourth-order valence-corrected chi connectivity index (χ4v) is 4.90. The lowest BCUT2D eigenvalue weighted by Crippen LogP contribution is -2.52. The molecule has 9 heteroatoms. The van der Waals surface area contributed by atoms with Crippen LogP contribution in [0.5, 0.6) is 0 Å². The molecule has 9 nitrogen and oxygen atoms in total. The predicted molar refractivity (Wildman–Crippen MR) is 140 cm³/mol. The summed E-state index contributed by atoms with van der Waals surface area (Å²) in [6, 6.07) is 13.8. The van der Waals surface area contributed by atoms with Gasteiger partial charge in [0.15, 0.2) is 0 Å². The summed E-state index contributed by atoms with van der Waals surface area (Å²) in [6.45, 7) is 4.25. The van der Waals surface area contributed by atoms with E-state index in [1.165, 1.54) is 0 Å². The van der Waals surface area contributed by atoms with Crippen LogP contribution in [0.4, 0.5) is 0 Å². The van der Waals surface area contributed by atoms with Gasteiger partial charge < -0.3 is 15.5 Å². The van der Waals surface area contributed by atoms with Crippen LogP contribution in [-0.4, -0.2) is 46.5 Å². The van der Waals surface area contributed by atoms with Gasteiger partial charge in [0.05, 0.1) is 0 Å². The van der Waals surface area contributed by atoms with Crippen molar-refractivity contribution >= 4 is 29.5 Å². The van der Waals surface area contributed by atoms with E-state index in [0.29, 0.717) is 44.3 Å². The minimum atomic E-state index is -0.674. The molecule has 0 saturated carbocycles. The van der Waals surface area contributed by atoms with Gasteiger partial charge in [-0.25, -0.2) is 0 Å². The first kappa shape index (κ1) is 27.0. The lowest BCUT2D eigenvalue weighted by molar-refractivity contribution is -0.137. The maximum atomic E-state index is 13.1. The first-order chi connectivity index (χ1) is 18.2. The fourth-order valence-electron chi connectivity index (χ4n) is 4.90. The highest BCUT2D eigenvalue weighted by Crippen LogP contribution is 2.30. The summed E-state index contributed by atoms with van der Waals surface area (Å²) in [5.41, 5.74) is 3.39. The molecule has 5 amide bonds. The zero-order chi connectivity index (χ0) is 27.2. The molecular weight excluding hydrogens is 484 g/mol. The topological polar surface area (TPSA) is 125 Å². The first-order valence-electron chi connectivity index (χ1n) is 13.1. The molecule has 0 aliphatic carbocycles. The van der Waals surface area contributed by atoms with Gasteiger partial charge in [0.25, 0.3) is 5.91 Å². The molecule has 0 aromatic heterocycles. The molecule has 1 unspecified atom stereocenters. The number of nitrogens with one attached hydrogen (secondary N) is 3. The Balaban J connectivity index is 1.40. The molecule has 1 fully saturated rings. The molecule has 0 bridgehead atoms. The van der Waals surface area contributed by atoms with Crippen molar-refractivity contribution < 1.29 is 24.0 Å². The van der Waals surface area contributed by atoms with E-state index in [1.807, 2.05) is 42.5 Å². The normalized spacial score (nSPS) is 17.7. The van der Waals surface area contributed by atoms with Gasteiger partial charge in [0, 0.05) is 31.0 Å². The van der Waals surface area contributed by atoms with Crippen molar-refractivity contribution in [3.05, 3.63) is 70.8 Å². The predicted octanol–water partition coefficient (Wildman–Crippen LogP) is 2.23. The second kappa shape index (κ2) is 12.0. The van der Waals surface area contributed by atoms with Gasteiger partial charge in [-0.2, -0.15) is 0 Å². The number of aryl methyl sites for hydroxylation is 1. The van der Waals surface area contributed by atoms with Gasteiger partial charge in [0.1, 0.15) is 12.1 Å². The molecule has 0 spiro atoms. The number of piperidine rings is 1. The minimum absolute atomic E-state index is 0.184. The van der Waals surface area contributed by atoms with Crippen LogP contribution >= 0.6 is 0 Å². The maximum Gasteiger partial charge on any atom is 0.255 e. The second-order valence-corrected chi connectivity index (χ2v) is 10.2. The number of hydrogen-bond donors (Lipinski definition) is 3. The number of imide groups is 1. The molecule has 2 aromatic rings. The van der Waals surface area contributed by atoms with E-state index in [9.17, 15) is 24.0 Å². The van der Waals surface area contributed by atoms with E-state index in [2.05, 4.69) is 16.0 Å². The summed E-state index contributed by atoms with van der Waals surface area (Å²) in [5, 5.41) is 8.12. The minimum Gasteiger partial charge on any atom is -0.350 e. The molecule has 3 N–H and O–H groups in total. The highest BCUT2D eigenvalue weighted by molar-refractivity contribution is 6.05.